The molecule has 24 heavy (non-hydrogen) atoms. The first kappa shape index (κ1) is 18.3. The third-order valence-electron chi connectivity index (χ3n) is 3.03. The highest BCUT2D eigenvalue weighted by atomic mass is 35.5. The van der Waals surface area contributed by atoms with Gasteiger partial charge in [0.05, 0.1) is 17.3 Å². The van der Waals surface area contributed by atoms with Crippen LogP contribution < -0.4 is 10.1 Å². The van der Waals surface area contributed by atoms with Crippen molar-refractivity contribution >= 4 is 40.9 Å². The summed E-state index contributed by atoms with van der Waals surface area (Å²) in [6, 6.07) is 12.4. The number of benzene rings is 2. The quantitative estimate of drug-likeness (QED) is 0.572. The average Bonchev–Trinajstić information content (AvgIpc) is 2.56. The highest BCUT2D eigenvalue weighted by Gasteiger charge is 2.10. The van der Waals surface area contributed by atoms with Crippen LogP contribution in [0.15, 0.2) is 48.5 Å². The van der Waals surface area contributed by atoms with Gasteiger partial charge in [-0.1, -0.05) is 41.4 Å². The van der Waals surface area contributed by atoms with E-state index in [2.05, 4.69) is 5.32 Å². The van der Waals surface area contributed by atoms with Gasteiger partial charge < -0.3 is 14.8 Å². The van der Waals surface area contributed by atoms with Crippen LogP contribution >= 0.6 is 23.2 Å². The molecule has 0 aliphatic carbocycles. The van der Waals surface area contributed by atoms with Crippen molar-refractivity contribution in [2.45, 2.75) is 0 Å². The number of para-hydroxylation sites is 1. The van der Waals surface area contributed by atoms with Crippen LogP contribution in [0, 0.1) is 0 Å². The van der Waals surface area contributed by atoms with E-state index in [-0.39, 0.29) is 5.91 Å². The van der Waals surface area contributed by atoms with Crippen LogP contribution in [0.4, 0.5) is 5.69 Å². The Labute approximate surface area is 151 Å². The van der Waals surface area contributed by atoms with Gasteiger partial charge in [-0.25, -0.2) is 0 Å². The molecule has 0 aliphatic rings. The second-order valence-corrected chi connectivity index (χ2v) is 5.68. The predicted octanol–water partition coefficient (Wildman–Crippen LogP) is 4.67. The summed E-state index contributed by atoms with van der Waals surface area (Å²) < 4.78 is 10.5. The molecule has 0 saturated heterocycles. The Morgan fingerprint density at radius 1 is 1.17 bits per heavy atom. The molecule has 1 amide bonds. The van der Waals surface area contributed by atoms with E-state index < -0.39 is 0 Å². The predicted molar refractivity (Wildman–Crippen MR) is 97.9 cm³/mol. The second-order valence-electron chi connectivity index (χ2n) is 4.84. The molecule has 0 aromatic heterocycles. The van der Waals surface area contributed by atoms with E-state index in [1.54, 1.807) is 43.5 Å². The monoisotopic (exact) mass is 365 g/mol. The first-order valence-electron chi connectivity index (χ1n) is 7.25. The molecule has 0 saturated carbocycles. The van der Waals surface area contributed by atoms with Crippen LogP contribution in [0.3, 0.4) is 0 Å². The molecule has 2 rings (SSSR count). The van der Waals surface area contributed by atoms with E-state index >= 15 is 0 Å². The van der Waals surface area contributed by atoms with Crippen molar-refractivity contribution in [3.8, 4) is 5.75 Å². The Kier molecular flexibility index (Phi) is 7.12. The zero-order chi connectivity index (χ0) is 17.4. The van der Waals surface area contributed by atoms with Crippen LogP contribution in [0.25, 0.3) is 6.08 Å². The van der Waals surface area contributed by atoms with Gasteiger partial charge in [-0.15, -0.1) is 0 Å². The molecule has 0 atom stereocenters. The fourth-order valence-electron chi connectivity index (χ4n) is 1.94. The molecule has 1 N–H and O–H groups in total. The van der Waals surface area contributed by atoms with E-state index in [4.69, 9.17) is 32.7 Å². The largest absolute Gasteiger partial charge is 0.487 e. The zero-order valence-corrected chi connectivity index (χ0v) is 14.6. The van der Waals surface area contributed by atoms with Crippen molar-refractivity contribution in [3.05, 3.63) is 64.1 Å². The van der Waals surface area contributed by atoms with E-state index in [1.807, 2.05) is 12.1 Å². The number of nitrogens with one attached hydrogen (secondary N) is 1. The summed E-state index contributed by atoms with van der Waals surface area (Å²) in [7, 11) is 1.58. The molecule has 6 heteroatoms. The number of amides is 1. The first-order valence-corrected chi connectivity index (χ1v) is 8.00. The maximum atomic E-state index is 12.1. The van der Waals surface area contributed by atoms with Gasteiger partial charge in [-0.05, 0) is 35.9 Å². The van der Waals surface area contributed by atoms with Crippen molar-refractivity contribution in [3.63, 3.8) is 0 Å². The number of hydrogen-bond acceptors (Lipinski definition) is 3. The number of carbonyl (C=O) groups is 1. The number of anilines is 1. The van der Waals surface area contributed by atoms with Crippen LogP contribution in [-0.4, -0.2) is 26.2 Å². The Hall–Kier alpha value is -2.01. The minimum Gasteiger partial charge on any atom is -0.487 e. The highest BCUT2D eigenvalue weighted by Crippen LogP contribution is 2.32. The van der Waals surface area contributed by atoms with Crippen molar-refractivity contribution in [2.75, 3.05) is 25.6 Å². The molecule has 0 unspecified atom stereocenters. The molecule has 126 valence electrons. The molecule has 0 radical (unpaired) electrons. The fourth-order valence-corrected chi connectivity index (χ4v) is 2.37. The summed E-state index contributed by atoms with van der Waals surface area (Å²) >= 11 is 12.0. The molecule has 0 spiro atoms. The molecule has 0 bridgehead atoms. The minimum absolute atomic E-state index is 0.297. The van der Waals surface area contributed by atoms with Gasteiger partial charge in [0.1, 0.15) is 6.61 Å². The zero-order valence-electron chi connectivity index (χ0n) is 13.1. The van der Waals surface area contributed by atoms with Gasteiger partial charge in [0.25, 0.3) is 0 Å². The summed E-state index contributed by atoms with van der Waals surface area (Å²) in [6.45, 7) is 0.759. The molecule has 0 heterocycles. The van der Waals surface area contributed by atoms with Gasteiger partial charge in [0.2, 0.25) is 5.91 Å². The number of halogens is 2. The van der Waals surface area contributed by atoms with Gasteiger partial charge in [-0.2, -0.15) is 0 Å². The van der Waals surface area contributed by atoms with E-state index in [9.17, 15) is 4.79 Å². The van der Waals surface area contributed by atoms with Crippen molar-refractivity contribution in [1.29, 1.82) is 0 Å². The summed E-state index contributed by atoms with van der Waals surface area (Å²) in [6.07, 6.45) is 3.10. The summed E-state index contributed by atoms with van der Waals surface area (Å²) in [5, 5.41) is 3.79. The molecule has 2 aromatic rings. The van der Waals surface area contributed by atoms with Crippen LogP contribution in [-0.2, 0) is 9.53 Å². The highest BCUT2D eigenvalue weighted by molar-refractivity contribution is 6.32. The molecular weight excluding hydrogens is 349 g/mol. The second kappa shape index (κ2) is 9.33. The SMILES string of the molecule is COCCOc1c(Cl)cccc1NC(=O)/C=C/c1cccc(Cl)c1. The Morgan fingerprint density at radius 3 is 2.71 bits per heavy atom. The van der Waals surface area contributed by atoms with Gasteiger partial charge in [-0.3, -0.25) is 4.79 Å². The normalized spacial score (nSPS) is 10.8. The van der Waals surface area contributed by atoms with E-state index in [0.717, 1.165) is 5.56 Å². The topological polar surface area (TPSA) is 47.6 Å². The standard InChI is InChI=1S/C18H17Cl2NO3/c1-23-10-11-24-18-15(20)6-3-7-16(18)21-17(22)9-8-13-4-2-5-14(19)12-13/h2-9,12H,10-11H2,1H3,(H,21,22)/b9-8+. The van der Waals surface area contributed by atoms with E-state index in [0.29, 0.717) is 34.7 Å². The lowest BCUT2D eigenvalue weighted by Gasteiger charge is -2.13. The lowest BCUT2D eigenvalue weighted by Crippen LogP contribution is -2.11. The van der Waals surface area contributed by atoms with Crippen molar-refractivity contribution < 1.29 is 14.3 Å². The fraction of sp³-hybridized carbons (Fsp3) is 0.167. The summed E-state index contributed by atoms with van der Waals surface area (Å²) in [4.78, 5) is 12.1. The molecular formula is C18H17Cl2NO3. The lowest BCUT2D eigenvalue weighted by atomic mass is 10.2. The maximum Gasteiger partial charge on any atom is 0.248 e. The third kappa shape index (κ3) is 5.57. The lowest BCUT2D eigenvalue weighted by molar-refractivity contribution is -0.111. The van der Waals surface area contributed by atoms with Gasteiger partial charge in [0.15, 0.2) is 5.75 Å². The third-order valence-corrected chi connectivity index (χ3v) is 3.57. The van der Waals surface area contributed by atoms with E-state index in [1.165, 1.54) is 6.08 Å². The number of hydrogen-bond donors (Lipinski definition) is 1. The maximum absolute atomic E-state index is 12.1. The van der Waals surface area contributed by atoms with Crippen molar-refractivity contribution in [2.24, 2.45) is 0 Å². The summed E-state index contributed by atoms with van der Waals surface area (Å²) in [5.74, 6) is 0.120. The molecule has 0 fully saturated rings. The summed E-state index contributed by atoms with van der Waals surface area (Å²) in [5.41, 5.74) is 1.33. The first-order chi connectivity index (χ1) is 11.6. The molecule has 4 nitrogen and oxygen atoms in total. The smallest absolute Gasteiger partial charge is 0.248 e. The number of methoxy groups -OCH3 is 1. The van der Waals surface area contributed by atoms with Crippen molar-refractivity contribution in [1.82, 2.24) is 0 Å². The Bertz CT molecular complexity index is 732. The number of carbonyl (C=O) groups excluding carboxylic acids is 1. The number of ether oxygens (including phenoxy) is 2. The Balaban J connectivity index is 2.07. The molecule has 0 aliphatic heterocycles. The Morgan fingerprint density at radius 2 is 1.96 bits per heavy atom. The van der Waals surface area contributed by atoms with Gasteiger partial charge >= 0.3 is 0 Å². The number of rotatable bonds is 7. The van der Waals surface area contributed by atoms with Gasteiger partial charge in [0, 0.05) is 18.2 Å². The van der Waals surface area contributed by atoms with Crippen LogP contribution in [0.1, 0.15) is 5.56 Å². The molecule has 2 aromatic carbocycles. The van der Waals surface area contributed by atoms with Crippen LogP contribution in [0.5, 0.6) is 5.75 Å². The minimum atomic E-state index is -0.297. The van der Waals surface area contributed by atoms with Crippen LogP contribution in [0.2, 0.25) is 10.0 Å². The average molecular weight is 366 g/mol.